The maximum atomic E-state index is 11.9. The van der Waals surface area contributed by atoms with Crippen molar-refractivity contribution < 1.29 is 19.4 Å². The van der Waals surface area contributed by atoms with Crippen LogP contribution in [0, 0.1) is 0 Å². The topological polar surface area (TPSA) is 88.5 Å². The number of carbonyl (C=O) groups is 2. The Bertz CT molecular complexity index is 958. The Balaban J connectivity index is 1.56. The number of hydrogen-bond acceptors (Lipinski definition) is 6. The van der Waals surface area contributed by atoms with Gasteiger partial charge in [0.15, 0.2) is 11.7 Å². The van der Waals surface area contributed by atoms with Crippen molar-refractivity contribution in [1.82, 2.24) is 4.98 Å². The summed E-state index contributed by atoms with van der Waals surface area (Å²) in [4.78, 5) is 28.1. The molecule has 0 atom stereocenters. The van der Waals surface area contributed by atoms with Crippen molar-refractivity contribution in [2.75, 3.05) is 11.9 Å². The number of ether oxygens (including phenoxy) is 1. The summed E-state index contributed by atoms with van der Waals surface area (Å²) in [7, 11) is 0. The Morgan fingerprint density at radius 1 is 1.19 bits per heavy atom. The fourth-order valence-corrected chi connectivity index (χ4v) is 3.25. The number of aromatic nitrogens is 1. The highest BCUT2D eigenvalue weighted by Gasteiger charge is 2.12. The summed E-state index contributed by atoms with van der Waals surface area (Å²) in [6.07, 6.45) is 0. The fraction of sp³-hybridized carbons (Fsp3) is 0.0556. The van der Waals surface area contributed by atoms with E-state index in [0.717, 1.165) is 15.7 Å². The Kier molecular flexibility index (Phi) is 5.65. The summed E-state index contributed by atoms with van der Waals surface area (Å²) >= 11 is 4.69. The summed E-state index contributed by atoms with van der Waals surface area (Å²) in [5.74, 6) is -1.23. The summed E-state index contributed by atoms with van der Waals surface area (Å²) in [5.41, 5.74) is 1.83. The van der Waals surface area contributed by atoms with E-state index < -0.39 is 18.5 Å². The van der Waals surface area contributed by atoms with Crippen LogP contribution >= 0.6 is 27.3 Å². The van der Waals surface area contributed by atoms with Gasteiger partial charge in [-0.1, -0.05) is 34.1 Å². The molecule has 132 valence electrons. The zero-order chi connectivity index (χ0) is 18.5. The van der Waals surface area contributed by atoms with Gasteiger partial charge in [-0.25, -0.2) is 9.78 Å². The van der Waals surface area contributed by atoms with E-state index in [-0.39, 0.29) is 11.3 Å². The molecular formula is C18H13BrN2O4S. The van der Waals surface area contributed by atoms with Gasteiger partial charge in [-0.05, 0) is 30.3 Å². The second-order valence-corrected chi connectivity index (χ2v) is 7.00. The molecule has 26 heavy (non-hydrogen) atoms. The molecule has 0 aliphatic carbocycles. The van der Waals surface area contributed by atoms with Gasteiger partial charge in [0.2, 0.25) is 0 Å². The van der Waals surface area contributed by atoms with E-state index in [1.807, 2.05) is 29.6 Å². The molecule has 0 saturated heterocycles. The first-order chi connectivity index (χ1) is 12.5. The van der Waals surface area contributed by atoms with Gasteiger partial charge in [0.05, 0.1) is 11.3 Å². The molecule has 0 bridgehead atoms. The summed E-state index contributed by atoms with van der Waals surface area (Å²) in [6.45, 7) is -0.444. The number of phenolic OH excluding ortho intramolecular Hbond substituents is 1. The molecular weight excluding hydrogens is 420 g/mol. The maximum Gasteiger partial charge on any atom is 0.338 e. The Labute approximate surface area is 161 Å². The molecule has 0 unspecified atom stereocenters. The van der Waals surface area contributed by atoms with Crippen molar-refractivity contribution in [2.24, 2.45) is 0 Å². The molecule has 1 aromatic heterocycles. The molecule has 1 amide bonds. The number of nitrogens with one attached hydrogen (secondary N) is 1. The average Bonchev–Trinajstić information content (AvgIpc) is 3.08. The lowest BCUT2D eigenvalue weighted by molar-refractivity contribution is -0.119. The zero-order valence-corrected chi connectivity index (χ0v) is 15.7. The SMILES string of the molecule is O=C(COC(=O)c1cccc(O)c1)Nc1nc(-c2cccc(Br)c2)cs1. The minimum Gasteiger partial charge on any atom is -0.508 e. The Hall–Kier alpha value is -2.71. The third-order valence-corrected chi connectivity index (χ3v) is 4.54. The van der Waals surface area contributed by atoms with E-state index in [0.29, 0.717) is 5.13 Å². The van der Waals surface area contributed by atoms with Crippen LogP contribution < -0.4 is 5.32 Å². The highest BCUT2D eigenvalue weighted by atomic mass is 79.9. The number of anilines is 1. The highest BCUT2D eigenvalue weighted by Crippen LogP contribution is 2.26. The van der Waals surface area contributed by atoms with Crippen molar-refractivity contribution in [3.8, 4) is 17.0 Å². The minimum absolute atomic E-state index is 0.0493. The van der Waals surface area contributed by atoms with E-state index in [1.54, 1.807) is 0 Å². The number of nitrogens with zero attached hydrogens (tertiary/aromatic N) is 1. The number of aromatic hydroxyl groups is 1. The third kappa shape index (κ3) is 4.68. The number of amides is 1. The number of benzene rings is 2. The lowest BCUT2D eigenvalue weighted by Crippen LogP contribution is -2.20. The molecule has 6 nitrogen and oxygen atoms in total. The predicted molar refractivity (Wildman–Crippen MR) is 102 cm³/mol. The number of phenols is 1. The third-order valence-electron chi connectivity index (χ3n) is 3.29. The lowest BCUT2D eigenvalue weighted by Gasteiger charge is -2.05. The van der Waals surface area contributed by atoms with Gasteiger partial charge in [-0.2, -0.15) is 0 Å². The largest absolute Gasteiger partial charge is 0.508 e. The molecule has 0 aliphatic heterocycles. The van der Waals surface area contributed by atoms with Gasteiger partial charge in [0, 0.05) is 15.4 Å². The quantitative estimate of drug-likeness (QED) is 0.593. The normalized spacial score (nSPS) is 10.3. The average molecular weight is 433 g/mol. The molecule has 1 heterocycles. The molecule has 0 fully saturated rings. The predicted octanol–water partition coefficient (Wildman–Crippen LogP) is 4.07. The number of hydrogen-bond donors (Lipinski definition) is 2. The first-order valence-corrected chi connectivity index (χ1v) is 9.16. The first-order valence-electron chi connectivity index (χ1n) is 7.49. The van der Waals surface area contributed by atoms with Crippen LogP contribution in [0.5, 0.6) is 5.75 Å². The number of esters is 1. The van der Waals surface area contributed by atoms with Crippen LogP contribution in [0.2, 0.25) is 0 Å². The van der Waals surface area contributed by atoms with Crippen molar-refractivity contribution in [3.05, 3.63) is 63.9 Å². The van der Waals surface area contributed by atoms with Crippen molar-refractivity contribution in [2.45, 2.75) is 0 Å². The fourth-order valence-electron chi connectivity index (χ4n) is 2.11. The molecule has 0 aliphatic rings. The van der Waals surface area contributed by atoms with Crippen LogP contribution in [0.3, 0.4) is 0 Å². The Morgan fingerprint density at radius 2 is 2.00 bits per heavy atom. The van der Waals surface area contributed by atoms with Crippen LogP contribution in [-0.4, -0.2) is 28.6 Å². The number of carbonyl (C=O) groups excluding carboxylic acids is 2. The van der Waals surface area contributed by atoms with Gasteiger partial charge in [-0.3, -0.25) is 10.1 Å². The van der Waals surface area contributed by atoms with Gasteiger partial charge in [0.25, 0.3) is 5.91 Å². The minimum atomic E-state index is -0.690. The number of rotatable bonds is 5. The van der Waals surface area contributed by atoms with Gasteiger partial charge >= 0.3 is 5.97 Å². The molecule has 3 rings (SSSR count). The zero-order valence-electron chi connectivity index (χ0n) is 13.3. The first kappa shape index (κ1) is 18.1. The molecule has 2 aromatic carbocycles. The van der Waals surface area contributed by atoms with Crippen molar-refractivity contribution in [3.63, 3.8) is 0 Å². The maximum absolute atomic E-state index is 11.9. The van der Waals surface area contributed by atoms with E-state index in [9.17, 15) is 14.7 Å². The van der Waals surface area contributed by atoms with Crippen molar-refractivity contribution in [1.29, 1.82) is 0 Å². The van der Waals surface area contributed by atoms with E-state index in [4.69, 9.17) is 4.74 Å². The number of thiazole rings is 1. The molecule has 3 aromatic rings. The second kappa shape index (κ2) is 8.11. The lowest BCUT2D eigenvalue weighted by atomic mass is 10.2. The Morgan fingerprint density at radius 3 is 2.77 bits per heavy atom. The van der Waals surface area contributed by atoms with E-state index in [1.165, 1.54) is 35.6 Å². The smallest absolute Gasteiger partial charge is 0.338 e. The van der Waals surface area contributed by atoms with Crippen molar-refractivity contribution >= 4 is 44.3 Å². The van der Waals surface area contributed by atoms with Gasteiger partial charge in [0.1, 0.15) is 5.75 Å². The summed E-state index contributed by atoms with van der Waals surface area (Å²) < 4.78 is 5.87. The van der Waals surface area contributed by atoms with Crippen LogP contribution in [0.25, 0.3) is 11.3 Å². The molecule has 2 N–H and O–H groups in total. The van der Waals surface area contributed by atoms with Gasteiger partial charge < -0.3 is 9.84 Å². The second-order valence-electron chi connectivity index (χ2n) is 5.22. The molecule has 0 radical (unpaired) electrons. The van der Waals surface area contributed by atoms with Crippen LogP contribution in [-0.2, 0) is 9.53 Å². The standard InChI is InChI=1S/C18H13BrN2O4S/c19-13-5-1-3-11(7-13)15-10-26-18(20-15)21-16(23)9-25-17(24)12-4-2-6-14(22)8-12/h1-8,10,22H,9H2,(H,20,21,23). The van der Waals surface area contributed by atoms with E-state index >= 15 is 0 Å². The molecule has 0 saturated carbocycles. The monoisotopic (exact) mass is 432 g/mol. The van der Waals surface area contributed by atoms with E-state index in [2.05, 4.69) is 26.2 Å². The highest BCUT2D eigenvalue weighted by molar-refractivity contribution is 9.10. The van der Waals surface area contributed by atoms with Gasteiger partial charge in [-0.15, -0.1) is 11.3 Å². The van der Waals surface area contributed by atoms with Crippen LogP contribution in [0.4, 0.5) is 5.13 Å². The number of halogens is 1. The molecule has 0 spiro atoms. The van der Waals surface area contributed by atoms with Crippen LogP contribution in [0.15, 0.2) is 58.4 Å². The summed E-state index contributed by atoms with van der Waals surface area (Å²) in [5, 5.41) is 14.2. The summed E-state index contributed by atoms with van der Waals surface area (Å²) in [6, 6.07) is 13.4. The molecule has 8 heteroatoms. The van der Waals surface area contributed by atoms with Crippen LogP contribution in [0.1, 0.15) is 10.4 Å².